The monoisotopic (exact) mass is 334 g/mol. The van der Waals surface area contributed by atoms with Gasteiger partial charge in [-0.2, -0.15) is 4.31 Å². The molecule has 1 N–H and O–H groups in total. The van der Waals surface area contributed by atoms with E-state index in [1.54, 1.807) is 30.6 Å². The Balaban J connectivity index is 2.29. The molecule has 1 heterocycles. The first kappa shape index (κ1) is 17.6. The molecule has 0 saturated heterocycles. The smallest absolute Gasteiger partial charge is 0.243 e. The van der Waals surface area contributed by atoms with Crippen LogP contribution < -0.4 is 0 Å². The minimum Gasteiger partial charge on any atom is -0.395 e. The van der Waals surface area contributed by atoms with Crippen molar-refractivity contribution in [3.63, 3.8) is 0 Å². The maximum atomic E-state index is 12.8. The number of rotatable bonds is 7. The highest BCUT2D eigenvalue weighted by molar-refractivity contribution is 7.89. The Morgan fingerprint density at radius 2 is 1.87 bits per heavy atom. The lowest BCUT2D eigenvalue weighted by atomic mass is 10.0. The highest BCUT2D eigenvalue weighted by Crippen LogP contribution is 2.21. The fourth-order valence-electron chi connectivity index (χ4n) is 2.26. The van der Waals surface area contributed by atoms with Gasteiger partial charge in [0.2, 0.25) is 10.0 Å². The first-order valence-electron chi connectivity index (χ1n) is 7.55. The first-order valence-corrected chi connectivity index (χ1v) is 8.99. The number of benzene rings is 1. The summed E-state index contributed by atoms with van der Waals surface area (Å²) < 4.78 is 26.9. The van der Waals surface area contributed by atoms with E-state index >= 15 is 0 Å². The van der Waals surface area contributed by atoms with E-state index in [2.05, 4.69) is 18.8 Å². The third-order valence-corrected chi connectivity index (χ3v) is 5.48. The molecule has 0 amide bonds. The van der Waals surface area contributed by atoms with Gasteiger partial charge in [-0.25, -0.2) is 8.42 Å². The average Bonchev–Trinajstić information content (AvgIpc) is 2.55. The number of aliphatic hydroxyl groups is 1. The lowest BCUT2D eigenvalue weighted by Gasteiger charge is -2.21. The van der Waals surface area contributed by atoms with Gasteiger partial charge in [0, 0.05) is 25.5 Å². The van der Waals surface area contributed by atoms with E-state index in [0.29, 0.717) is 5.92 Å². The Morgan fingerprint density at radius 3 is 2.39 bits per heavy atom. The maximum Gasteiger partial charge on any atom is 0.243 e. The van der Waals surface area contributed by atoms with Gasteiger partial charge in [-0.3, -0.25) is 4.98 Å². The molecule has 0 atom stereocenters. The Kier molecular flexibility index (Phi) is 5.87. The van der Waals surface area contributed by atoms with E-state index in [1.165, 1.54) is 4.31 Å². The maximum absolute atomic E-state index is 12.8. The molecule has 0 aliphatic carbocycles. The number of nitrogens with zero attached hydrogens (tertiary/aromatic N) is 2. The number of aliphatic hydroxyl groups excluding tert-OH is 1. The van der Waals surface area contributed by atoms with E-state index in [0.717, 1.165) is 11.1 Å². The molecule has 0 saturated carbocycles. The summed E-state index contributed by atoms with van der Waals surface area (Å²) in [6.07, 6.45) is 3.26. The van der Waals surface area contributed by atoms with Crippen molar-refractivity contribution in [1.82, 2.24) is 9.29 Å². The topological polar surface area (TPSA) is 70.5 Å². The molecule has 0 spiro atoms. The molecule has 6 heteroatoms. The number of sulfonamides is 1. The van der Waals surface area contributed by atoms with E-state index in [9.17, 15) is 13.5 Å². The lowest BCUT2D eigenvalue weighted by Crippen LogP contribution is -2.33. The second-order valence-corrected chi connectivity index (χ2v) is 7.59. The molecule has 5 nitrogen and oxygen atoms in total. The molecule has 0 aliphatic heterocycles. The highest BCUT2D eigenvalue weighted by Gasteiger charge is 2.24. The number of aromatic nitrogens is 1. The molecule has 0 unspecified atom stereocenters. The second-order valence-electron chi connectivity index (χ2n) is 5.65. The van der Waals surface area contributed by atoms with Crippen molar-refractivity contribution in [3.05, 3.63) is 59.9 Å². The van der Waals surface area contributed by atoms with Crippen LogP contribution in [-0.2, 0) is 16.6 Å². The van der Waals surface area contributed by atoms with Crippen molar-refractivity contribution in [2.24, 2.45) is 0 Å². The molecule has 1 aromatic heterocycles. The molecule has 1 aromatic carbocycles. The molecule has 0 radical (unpaired) electrons. The van der Waals surface area contributed by atoms with Gasteiger partial charge in [0.15, 0.2) is 0 Å². The fraction of sp³-hybridized carbons (Fsp3) is 0.353. The van der Waals surface area contributed by atoms with Crippen LogP contribution >= 0.6 is 0 Å². The van der Waals surface area contributed by atoms with Gasteiger partial charge in [-0.05, 0) is 35.2 Å². The van der Waals surface area contributed by atoms with E-state index in [1.807, 2.05) is 18.2 Å². The third kappa shape index (κ3) is 4.37. The van der Waals surface area contributed by atoms with Crippen molar-refractivity contribution in [1.29, 1.82) is 0 Å². The Hall–Kier alpha value is -1.76. The number of hydrogen-bond donors (Lipinski definition) is 1. The van der Waals surface area contributed by atoms with E-state index in [4.69, 9.17) is 0 Å². The molecular weight excluding hydrogens is 312 g/mol. The molecule has 0 fully saturated rings. The van der Waals surface area contributed by atoms with Gasteiger partial charge in [0.05, 0.1) is 11.5 Å². The summed E-state index contributed by atoms with van der Waals surface area (Å²) in [7, 11) is -3.66. The molecule has 23 heavy (non-hydrogen) atoms. The van der Waals surface area contributed by atoms with Crippen LogP contribution in [0.3, 0.4) is 0 Å². The predicted octanol–water partition coefficient (Wildman–Crippen LogP) is 2.39. The molecule has 124 valence electrons. The van der Waals surface area contributed by atoms with Gasteiger partial charge >= 0.3 is 0 Å². The zero-order chi connectivity index (χ0) is 16.9. The standard InChI is InChI=1S/C17H22N2O3S/c1-14(2)16-5-7-17(8-6-16)23(21,22)19(10-11-20)13-15-4-3-9-18-12-15/h3-9,12,14,20H,10-11,13H2,1-2H3. The Labute approximate surface area is 137 Å². The SMILES string of the molecule is CC(C)c1ccc(S(=O)(=O)N(CCO)Cc2cccnc2)cc1. The number of hydrogen-bond acceptors (Lipinski definition) is 4. The minimum atomic E-state index is -3.66. The van der Waals surface area contributed by atoms with Crippen molar-refractivity contribution in [2.75, 3.05) is 13.2 Å². The summed E-state index contributed by atoms with van der Waals surface area (Å²) in [5.74, 6) is 0.343. The van der Waals surface area contributed by atoms with Crippen LogP contribution in [0.1, 0.15) is 30.9 Å². The molecule has 0 bridgehead atoms. The third-order valence-electron chi connectivity index (χ3n) is 3.62. The van der Waals surface area contributed by atoms with Gasteiger partial charge in [0.25, 0.3) is 0 Å². The highest BCUT2D eigenvalue weighted by atomic mass is 32.2. The lowest BCUT2D eigenvalue weighted by molar-refractivity contribution is 0.251. The van der Waals surface area contributed by atoms with Crippen molar-refractivity contribution < 1.29 is 13.5 Å². The van der Waals surface area contributed by atoms with Crippen molar-refractivity contribution in [2.45, 2.75) is 31.2 Å². The van der Waals surface area contributed by atoms with Crippen LogP contribution in [0.25, 0.3) is 0 Å². The summed E-state index contributed by atoms with van der Waals surface area (Å²) in [4.78, 5) is 4.24. The summed E-state index contributed by atoms with van der Waals surface area (Å²) in [5.41, 5.74) is 1.87. The van der Waals surface area contributed by atoms with E-state index < -0.39 is 10.0 Å². The van der Waals surface area contributed by atoms with Gasteiger partial charge < -0.3 is 5.11 Å². The largest absolute Gasteiger partial charge is 0.395 e. The molecule has 0 aliphatic rings. The average molecular weight is 334 g/mol. The number of pyridine rings is 1. The van der Waals surface area contributed by atoms with Gasteiger partial charge in [-0.15, -0.1) is 0 Å². The summed E-state index contributed by atoms with van der Waals surface area (Å²) in [6, 6.07) is 10.5. The Bertz CT molecular complexity index is 713. The van der Waals surface area contributed by atoms with Gasteiger partial charge in [0.1, 0.15) is 0 Å². The van der Waals surface area contributed by atoms with Crippen LogP contribution in [0, 0.1) is 0 Å². The van der Waals surface area contributed by atoms with Crippen LogP contribution in [0.2, 0.25) is 0 Å². The van der Waals surface area contributed by atoms with Crippen molar-refractivity contribution in [3.8, 4) is 0 Å². The summed E-state index contributed by atoms with van der Waals surface area (Å²) >= 11 is 0. The van der Waals surface area contributed by atoms with E-state index in [-0.39, 0.29) is 24.6 Å². The summed E-state index contributed by atoms with van der Waals surface area (Å²) in [5, 5.41) is 9.22. The van der Waals surface area contributed by atoms with Crippen LogP contribution in [0.4, 0.5) is 0 Å². The molecule has 2 rings (SSSR count). The summed E-state index contributed by atoms with van der Waals surface area (Å²) in [6.45, 7) is 4.11. The van der Waals surface area contributed by atoms with Crippen LogP contribution in [0.5, 0.6) is 0 Å². The zero-order valence-electron chi connectivity index (χ0n) is 13.4. The first-order chi connectivity index (χ1) is 10.9. The molecular formula is C17H22N2O3S. The van der Waals surface area contributed by atoms with Gasteiger partial charge in [-0.1, -0.05) is 32.0 Å². The van der Waals surface area contributed by atoms with Crippen LogP contribution in [-0.4, -0.2) is 36.0 Å². The van der Waals surface area contributed by atoms with Crippen LogP contribution in [0.15, 0.2) is 53.7 Å². The quantitative estimate of drug-likeness (QED) is 0.844. The Morgan fingerprint density at radius 1 is 1.17 bits per heavy atom. The second kappa shape index (κ2) is 7.68. The minimum absolute atomic E-state index is 0.0448. The zero-order valence-corrected chi connectivity index (χ0v) is 14.2. The van der Waals surface area contributed by atoms with Crippen molar-refractivity contribution >= 4 is 10.0 Å². The normalized spacial score (nSPS) is 12.0. The predicted molar refractivity (Wildman–Crippen MR) is 89.4 cm³/mol. The fourth-order valence-corrected chi connectivity index (χ4v) is 3.68. The molecule has 2 aromatic rings.